The molecule has 0 bridgehead atoms. The lowest BCUT2D eigenvalue weighted by Crippen LogP contribution is -2.13. The van der Waals surface area contributed by atoms with E-state index in [4.69, 9.17) is 10.3 Å². The molecule has 2 N–H and O–H groups in total. The average molecular weight is 299 g/mol. The average Bonchev–Trinajstić information content (AvgIpc) is 2.85. The number of benzene rings is 1. The Balaban J connectivity index is 2.08. The van der Waals surface area contributed by atoms with Gasteiger partial charge in [-0.3, -0.25) is 0 Å². The van der Waals surface area contributed by atoms with Crippen molar-refractivity contribution in [2.24, 2.45) is 11.7 Å². The predicted molar refractivity (Wildman–Crippen MR) is 70.5 cm³/mol. The summed E-state index contributed by atoms with van der Waals surface area (Å²) in [7, 11) is 0. The fourth-order valence-electron chi connectivity index (χ4n) is 1.87. The molecule has 0 saturated heterocycles. The Hall–Kier alpha value is -1.89. The molecule has 1 atom stereocenters. The number of alkyl halides is 3. The molecule has 0 aliphatic heterocycles. The second-order valence-corrected chi connectivity index (χ2v) is 5.02. The molecule has 4 nitrogen and oxygen atoms in total. The quantitative estimate of drug-likeness (QED) is 0.922. The van der Waals surface area contributed by atoms with E-state index in [9.17, 15) is 13.2 Å². The highest BCUT2D eigenvalue weighted by molar-refractivity contribution is 5.27. The highest BCUT2D eigenvalue weighted by Crippen LogP contribution is 2.29. The standard InChI is InChI=1S/C14H16F3N3O/c1-9(8-18)5-13-19-12(20-21-13)7-10-3-2-4-11(6-10)14(15,16)17/h2-4,6,9H,5,7-8,18H2,1H3. The Morgan fingerprint density at radius 3 is 2.76 bits per heavy atom. The highest BCUT2D eigenvalue weighted by atomic mass is 19.4. The molecule has 1 unspecified atom stereocenters. The van der Waals surface area contributed by atoms with Gasteiger partial charge in [-0.25, -0.2) is 0 Å². The maximum atomic E-state index is 12.6. The van der Waals surface area contributed by atoms with Crippen LogP contribution in [0, 0.1) is 5.92 Å². The van der Waals surface area contributed by atoms with E-state index in [0.717, 1.165) is 12.1 Å². The van der Waals surface area contributed by atoms with Crippen molar-refractivity contribution in [1.29, 1.82) is 0 Å². The molecule has 0 saturated carbocycles. The van der Waals surface area contributed by atoms with Gasteiger partial charge in [0.05, 0.1) is 5.56 Å². The highest BCUT2D eigenvalue weighted by Gasteiger charge is 2.30. The molecule has 0 spiro atoms. The van der Waals surface area contributed by atoms with Gasteiger partial charge in [-0.05, 0) is 24.1 Å². The summed E-state index contributed by atoms with van der Waals surface area (Å²) in [5.41, 5.74) is 5.32. The third kappa shape index (κ3) is 4.29. The van der Waals surface area contributed by atoms with Gasteiger partial charge in [0.25, 0.3) is 0 Å². The molecule has 2 rings (SSSR count). The maximum Gasteiger partial charge on any atom is 0.416 e. The van der Waals surface area contributed by atoms with Gasteiger partial charge in [-0.15, -0.1) is 0 Å². The van der Waals surface area contributed by atoms with Crippen molar-refractivity contribution in [3.8, 4) is 0 Å². The van der Waals surface area contributed by atoms with E-state index in [1.54, 1.807) is 6.07 Å². The number of hydrogen-bond acceptors (Lipinski definition) is 4. The molecule has 1 aromatic carbocycles. The monoisotopic (exact) mass is 299 g/mol. The van der Waals surface area contributed by atoms with E-state index in [1.807, 2.05) is 6.92 Å². The van der Waals surface area contributed by atoms with Crippen molar-refractivity contribution in [3.05, 3.63) is 47.1 Å². The second kappa shape index (κ2) is 6.26. The summed E-state index contributed by atoms with van der Waals surface area (Å²) in [6.07, 6.45) is -3.59. The van der Waals surface area contributed by atoms with Gasteiger partial charge in [0.1, 0.15) is 0 Å². The Labute approximate surface area is 120 Å². The van der Waals surface area contributed by atoms with E-state index in [0.29, 0.717) is 30.2 Å². The second-order valence-electron chi connectivity index (χ2n) is 5.02. The van der Waals surface area contributed by atoms with Crippen LogP contribution >= 0.6 is 0 Å². The van der Waals surface area contributed by atoms with E-state index in [-0.39, 0.29) is 12.3 Å². The summed E-state index contributed by atoms with van der Waals surface area (Å²) < 4.78 is 43.0. The van der Waals surface area contributed by atoms with E-state index in [2.05, 4.69) is 10.1 Å². The normalized spacial score (nSPS) is 13.4. The fraction of sp³-hybridized carbons (Fsp3) is 0.429. The largest absolute Gasteiger partial charge is 0.416 e. The van der Waals surface area contributed by atoms with Gasteiger partial charge in [0.2, 0.25) is 5.89 Å². The number of halogens is 3. The van der Waals surface area contributed by atoms with Crippen LogP contribution in [0.15, 0.2) is 28.8 Å². The van der Waals surface area contributed by atoms with E-state index >= 15 is 0 Å². The van der Waals surface area contributed by atoms with Gasteiger partial charge in [0.15, 0.2) is 5.82 Å². The number of nitrogens with two attached hydrogens (primary N) is 1. The zero-order chi connectivity index (χ0) is 15.5. The first-order chi connectivity index (χ1) is 9.88. The number of rotatable bonds is 5. The molecule has 0 fully saturated rings. The Kier molecular flexibility index (Phi) is 4.62. The van der Waals surface area contributed by atoms with Gasteiger partial charge in [-0.1, -0.05) is 30.3 Å². The minimum Gasteiger partial charge on any atom is -0.339 e. The Bertz CT molecular complexity index is 595. The molecule has 114 valence electrons. The minimum absolute atomic E-state index is 0.199. The van der Waals surface area contributed by atoms with E-state index in [1.165, 1.54) is 6.07 Å². The Morgan fingerprint density at radius 2 is 2.10 bits per heavy atom. The zero-order valence-electron chi connectivity index (χ0n) is 11.5. The predicted octanol–water partition coefficient (Wildman–Crippen LogP) is 2.82. The smallest absolute Gasteiger partial charge is 0.339 e. The van der Waals surface area contributed by atoms with Crippen molar-refractivity contribution < 1.29 is 17.7 Å². The third-order valence-corrected chi connectivity index (χ3v) is 3.05. The van der Waals surface area contributed by atoms with Crippen molar-refractivity contribution in [3.63, 3.8) is 0 Å². The molecule has 2 aromatic rings. The summed E-state index contributed by atoms with van der Waals surface area (Å²) in [5.74, 6) is 1.04. The fourth-order valence-corrected chi connectivity index (χ4v) is 1.87. The number of nitrogens with zero attached hydrogens (tertiary/aromatic N) is 2. The van der Waals surface area contributed by atoms with Crippen LogP contribution in [-0.2, 0) is 19.0 Å². The van der Waals surface area contributed by atoms with Gasteiger partial charge in [-0.2, -0.15) is 18.2 Å². The Morgan fingerprint density at radius 1 is 1.33 bits per heavy atom. The van der Waals surface area contributed by atoms with E-state index < -0.39 is 11.7 Å². The first-order valence-electron chi connectivity index (χ1n) is 6.56. The van der Waals surface area contributed by atoms with Crippen molar-refractivity contribution in [2.45, 2.75) is 25.9 Å². The lowest BCUT2D eigenvalue weighted by Gasteiger charge is -2.07. The molecule has 1 aromatic heterocycles. The molecule has 1 heterocycles. The van der Waals surface area contributed by atoms with Crippen LogP contribution in [-0.4, -0.2) is 16.7 Å². The zero-order valence-corrected chi connectivity index (χ0v) is 11.5. The van der Waals surface area contributed by atoms with Gasteiger partial charge < -0.3 is 10.3 Å². The molecule has 0 aliphatic carbocycles. The third-order valence-electron chi connectivity index (χ3n) is 3.05. The van der Waals surface area contributed by atoms with Gasteiger partial charge in [0, 0.05) is 12.8 Å². The van der Waals surface area contributed by atoms with Crippen LogP contribution in [0.5, 0.6) is 0 Å². The van der Waals surface area contributed by atoms with Crippen LogP contribution in [0.1, 0.15) is 29.8 Å². The van der Waals surface area contributed by atoms with Crippen molar-refractivity contribution in [2.75, 3.05) is 6.54 Å². The van der Waals surface area contributed by atoms with Crippen molar-refractivity contribution in [1.82, 2.24) is 10.1 Å². The summed E-state index contributed by atoms with van der Waals surface area (Å²) >= 11 is 0. The van der Waals surface area contributed by atoms with Crippen molar-refractivity contribution >= 4 is 0 Å². The van der Waals surface area contributed by atoms with Crippen LogP contribution in [0.3, 0.4) is 0 Å². The first kappa shape index (κ1) is 15.5. The molecular formula is C14H16F3N3O. The van der Waals surface area contributed by atoms with Crippen LogP contribution < -0.4 is 5.73 Å². The first-order valence-corrected chi connectivity index (χ1v) is 6.56. The number of aromatic nitrogens is 2. The molecular weight excluding hydrogens is 283 g/mol. The summed E-state index contributed by atoms with van der Waals surface area (Å²) in [4.78, 5) is 4.17. The molecule has 0 radical (unpaired) electrons. The topological polar surface area (TPSA) is 64.9 Å². The molecule has 0 amide bonds. The van der Waals surface area contributed by atoms with Crippen LogP contribution in [0.25, 0.3) is 0 Å². The lowest BCUT2D eigenvalue weighted by molar-refractivity contribution is -0.137. The molecule has 21 heavy (non-hydrogen) atoms. The number of hydrogen-bond donors (Lipinski definition) is 1. The minimum atomic E-state index is -4.35. The lowest BCUT2D eigenvalue weighted by atomic mass is 10.1. The molecule has 7 heteroatoms. The summed E-state index contributed by atoms with van der Waals surface area (Å²) in [6, 6.07) is 5.11. The van der Waals surface area contributed by atoms with Gasteiger partial charge >= 0.3 is 6.18 Å². The van der Waals surface area contributed by atoms with Crippen LogP contribution in [0.4, 0.5) is 13.2 Å². The maximum absolute atomic E-state index is 12.6. The SMILES string of the molecule is CC(CN)Cc1nc(Cc2cccc(C(F)(F)F)c2)no1. The molecule has 0 aliphatic rings. The summed E-state index contributed by atoms with van der Waals surface area (Å²) in [5, 5.41) is 3.78. The summed E-state index contributed by atoms with van der Waals surface area (Å²) in [6.45, 7) is 2.46. The van der Waals surface area contributed by atoms with Crippen LogP contribution in [0.2, 0.25) is 0 Å².